The largest absolute Gasteiger partial charge is 0.396 e. The van der Waals surface area contributed by atoms with E-state index in [1.54, 1.807) is 5.57 Å². The zero-order chi connectivity index (χ0) is 18.5. The van der Waals surface area contributed by atoms with Crippen molar-refractivity contribution in [1.29, 1.82) is 0 Å². The van der Waals surface area contributed by atoms with Crippen molar-refractivity contribution in [2.24, 2.45) is 35.5 Å². The van der Waals surface area contributed by atoms with Crippen molar-refractivity contribution >= 4 is 0 Å². The van der Waals surface area contributed by atoms with E-state index in [1.807, 2.05) is 7.11 Å². The molecule has 150 valence electrons. The molecule has 3 saturated carbocycles. The Bertz CT molecular complexity index is 680. The summed E-state index contributed by atoms with van der Waals surface area (Å²) in [6.45, 7) is 4.64. The zero-order valence-corrected chi connectivity index (χ0v) is 16.6. The van der Waals surface area contributed by atoms with Crippen LogP contribution < -0.4 is 5.32 Å². The molecule has 5 heteroatoms. The van der Waals surface area contributed by atoms with Crippen LogP contribution in [0.3, 0.4) is 0 Å². The summed E-state index contributed by atoms with van der Waals surface area (Å²) in [6.07, 6.45) is 5.90. The molecule has 7 rings (SSSR count). The van der Waals surface area contributed by atoms with Crippen LogP contribution in [0.4, 0.5) is 0 Å². The molecule has 2 saturated heterocycles. The summed E-state index contributed by atoms with van der Waals surface area (Å²) in [5.41, 5.74) is 2.06. The molecule has 3 aliphatic carbocycles. The highest BCUT2D eigenvalue weighted by molar-refractivity contribution is 5.40. The van der Waals surface area contributed by atoms with Gasteiger partial charge in [-0.15, -0.1) is 0 Å². The van der Waals surface area contributed by atoms with E-state index in [1.165, 1.54) is 18.5 Å². The van der Waals surface area contributed by atoms with Crippen LogP contribution in [-0.2, 0) is 4.74 Å². The molecule has 0 radical (unpaired) electrons. The third-order valence-corrected chi connectivity index (χ3v) is 9.54. The summed E-state index contributed by atoms with van der Waals surface area (Å²) in [6, 6.07) is 0.755. The van der Waals surface area contributed by atoms with Crippen molar-refractivity contribution in [2.45, 2.75) is 62.8 Å². The lowest BCUT2D eigenvalue weighted by Crippen LogP contribution is -2.67. The number of ether oxygens (including phenoxy) is 1. The van der Waals surface area contributed by atoms with Crippen molar-refractivity contribution < 1.29 is 14.9 Å². The van der Waals surface area contributed by atoms with Gasteiger partial charge in [-0.25, -0.2) is 0 Å². The van der Waals surface area contributed by atoms with Crippen molar-refractivity contribution in [3.05, 3.63) is 11.3 Å². The van der Waals surface area contributed by atoms with Crippen molar-refractivity contribution in [3.63, 3.8) is 0 Å². The summed E-state index contributed by atoms with van der Waals surface area (Å²) in [5.74, 6) is 3.32. The number of aliphatic hydroxyl groups excluding tert-OH is 1. The molecule has 11 unspecified atom stereocenters. The summed E-state index contributed by atoms with van der Waals surface area (Å²) in [4.78, 5) is 2.57. The number of nitrogens with zero attached hydrogens (tertiary/aromatic N) is 1. The maximum atomic E-state index is 12.0. The molecular formula is C22H34N2O3. The Morgan fingerprint density at radius 3 is 2.89 bits per heavy atom. The van der Waals surface area contributed by atoms with E-state index in [9.17, 15) is 10.2 Å². The molecule has 3 N–H and O–H groups in total. The minimum atomic E-state index is -0.702. The Morgan fingerprint density at radius 2 is 2.15 bits per heavy atom. The van der Waals surface area contributed by atoms with Crippen LogP contribution in [-0.4, -0.2) is 65.7 Å². The number of nitrogens with one attached hydrogen (secondary N) is 1. The fourth-order valence-corrected chi connectivity index (χ4v) is 8.40. The number of aliphatic hydroxyl groups is 2. The van der Waals surface area contributed by atoms with Gasteiger partial charge in [0.25, 0.3) is 0 Å². The molecule has 5 nitrogen and oxygen atoms in total. The van der Waals surface area contributed by atoms with Gasteiger partial charge in [0.2, 0.25) is 0 Å². The van der Waals surface area contributed by atoms with Gasteiger partial charge >= 0.3 is 0 Å². The Labute approximate surface area is 162 Å². The van der Waals surface area contributed by atoms with Gasteiger partial charge in [-0.05, 0) is 67.3 Å². The van der Waals surface area contributed by atoms with E-state index in [2.05, 4.69) is 17.1 Å². The number of hydrogen-bond donors (Lipinski definition) is 3. The van der Waals surface area contributed by atoms with Crippen LogP contribution in [0.5, 0.6) is 0 Å². The van der Waals surface area contributed by atoms with Crippen molar-refractivity contribution in [1.82, 2.24) is 10.2 Å². The first-order valence-corrected chi connectivity index (χ1v) is 11.1. The maximum absolute atomic E-state index is 12.0. The second-order valence-electron chi connectivity index (χ2n) is 10.5. The number of methoxy groups -OCH3 is 1. The minimum Gasteiger partial charge on any atom is -0.396 e. The number of hydrogen-bond acceptors (Lipinski definition) is 5. The number of rotatable bonds is 3. The highest BCUT2D eigenvalue weighted by atomic mass is 16.5. The van der Waals surface area contributed by atoms with Crippen molar-refractivity contribution in [2.75, 3.05) is 26.8 Å². The average Bonchev–Trinajstić information content (AvgIpc) is 3.34. The molecular weight excluding hydrogens is 340 g/mol. The second-order valence-corrected chi connectivity index (χ2v) is 10.5. The average molecular weight is 375 g/mol. The Hall–Kier alpha value is -0.620. The summed E-state index contributed by atoms with van der Waals surface area (Å²) in [5, 5.41) is 25.6. The van der Waals surface area contributed by atoms with Crippen LogP contribution >= 0.6 is 0 Å². The fraction of sp³-hybridized carbons (Fsp3) is 0.909. The van der Waals surface area contributed by atoms with Gasteiger partial charge < -0.3 is 20.3 Å². The molecule has 4 heterocycles. The minimum absolute atomic E-state index is 0.219. The highest BCUT2D eigenvalue weighted by Crippen LogP contribution is 2.60. The summed E-state index contributed by atoms with van der Waals surface area (Å²) in [7, 11) is 1.87. The molecule has 0 aromatic rings. The third-order valence-electron chi connectivity index (χ3n) is 9.54. The molecule has 0 amide bonds. The topological polar surface area (TPSA) is 65.0 Å². The van der Waals surface area contributed by atoms with Crippen LogP contribution in [0.25, 0.3) is 0 Å². The Balaban J connectivity index is 1.36. The van der Waals surface area contributed by atoms with Gasteiger partial charge in [0.1, 0.15) is 5.60 Å². The van der Waals surface area contributed by atoms with E-state index in [0.717, 1.165) is 32.4 Å². The Kier molecular flexibility index (Phi) is 3.65. The lowest BCUT2D eigenvalue weighted by molar-refractivity contribution is -0.141. The standard InChI is InChI=1S/C22H34N2O3/c1-11(10-25)15-7-18-22(26)8-13(15)9-24(18)4-3-14-19-16-5-12(6-17(16)27-2)20(19)23-21(14)22/h11-13,15-20,23,25-26H,3-10H2,1-2H3. The predicted octanol–water partition coefficient (Wildman–Crippen LogP) is 1.36. The fourth-order valence-electron chi connectivity index (χ4n) is 8.40. The second kappa shape index (κ2) is 5.71. The molecule has 0 aromatic carbocycles. The third kappa shape index (κ3) is 2.09. The summed E-state index contributed by atoms with van der Waals surface area (Å²) >= 11 is 0. The lowest BCUT2D eigenvalue weighted by Gasteiger charge is -2.58. The number of piperidine rings is 2. The molecule has 11 atom stereocenters. The first kappa shape index (κ1) is 17.3. The molecule has 5 fully saturated rings. The van der Waals surface area contributed by atoms with Crippen LogP contribution in [0.1, 0.15) is 39.0 Å². The van der Waals surface area contributed by atoms with E-state index in [-0.39, 0.29) is 12.6 Å². The molecule has 7 aliphatic rings. The normalized spacial score (nSPS) is 55.9. The van der Waals surface area contributed by atoms with Gasteiger partial charge in [0.15, 0.2) is 0 Å². The van der Waals surface area contributed by atoms with Crippen molar-refractivity contribution in [3.8, 4) is 0 Å². The van der Waals surface area contributed by atoms with Crippen LogP contribution in [0, 0.1) is 35.5 Å². The molecule has 0 spiro atoms. The molecule has 0 aromatic heterocycles. The summed E-state index contributed by atoms with van der Waals surface area (Å²) < 4.78 is 5.83. The van der Waals surface area contributed by atoms with E-state index >= 15 is 0 Å². The monoisotopic (exact) mass is 374 g/mol. The van der Waals surface area contributed by atoms with E-state index in [4.69, 9.17) is 4.74 Å². The lowest BCUT2D eigenvalue weighted by atomic mass is 9.60. The van der Waals surface area contributed by atoms with Gasteiger partial charge in [0, 0.05) is 50.5 Å². The quantitative estimate of drug-likeness (QED) is 0.696. The molecule has 4 aliphatic heterocycles. The molecule has 27 heavy (non-hydrogen) atoms. The van der Waals surface area contributed by atoms with Gasteiger partial charge in [-0.1, -0.05) is 6.92 Å². The smallest absolute Gasteiger partial charge is 0.120 e. The predicted molar refractivity (Wildman–Crippen MR) is 102 cm³/mol. The van der Waals surface area contributed by atoms with E-state index < -0.39 is 5.60 Å². The first-order chi connectivity index (χ1) is 13.0. The Morgan fingerprint density at radius 1 is 1.30 bits per heavy atom. The van der Waals surface area contributed by atoms with Gasteiger partial charge in [0.05, 0.1) is 6.10 Å². The highest BCUT2D eigenvalue weighted by Gasteiger charge is 2.64. The van der Waals surface area contributed by atoms with Crippen LogP contribution in [0.2, 0.25) is 0 Å². The maximum Gasteiger partial charge on any atom is 0.120 e. The first-order valence-electron chi connectivity index (χ1n) is 11.1. The van der Waals surface area contributed by atoms with Gasteiger partial charge in [-0.3, -0.25) is 4.90 Å². The molecule has 6 bridgehead atoms. The zero-order valence-electron chi connectivity index (χ0n) is 16.6. The van der Waals surface area contributed by atoms with Gasteiger partial charge in [-0.2, -0.15) is 0 Å². The number of fused-ring (bicyclic) bond motifs is 7. The van der Waals surface area contributed by atoms with E-state index in [0.29, 0.717) is 47.7 Å². The SMILES string of the molecule is COC1CC2CC1C1C3=C(NC21)C1(O)CC2CN(CC3)C1CC2C(C)CO. The van der Waals surface area contributed by atoms with Crippen LogP contribution in [0.15, 0.2) is 11.3 Å².